The van der Waals surface area contributed by atoms with Crippen molar-refractivity contribution in [3.05, 3.63) is 60.0 Å². The van der Waals surface area contributed by atoms with Gasteiger partial charge >= 0.3 is 0 Å². The van der Waals surface area contributed by atoms with Crippen LogP contribution in [0.2, 0.25) is 30.1 Å². The van der Waals surface area contributed by atoms with Crippen LogP contribution in [0.5, 0.6) is 5.75 Å². The molecule has 0 aliphatic carbocycles. The van der Waals surface area contributed by atoms with Crippen LogP contribution in [0.3, 0.4) is 0 Å². The van der Waals surface area contributed by atoms with E-state index in [2.05, 4.69) is 0 Å². The van der Waals surface area contributed by atoms with Crippen molar-refractivity contribution < 1.29 is 14.3 Å². The lowest BCUT2D eigenvalue weighted by atomic mass is 10.2. The van der Waals surface area contributed by atoms with Crippen LogP contribution in [0, 0.1) is 0 Å². The molecule has 0 aromatic heterocycles. The summed E-state index contributed by atoms with van der Waals surface area (Å²) in [5.41, 5.74) is 0.930. The number of nitrogens with zero attached hydrogens (tertiary/aromatic N) is 1. The number of hydrogen-bond donors (Lipinski definition) is 0. The molecule has 1 saturated heterocycles. The summed E-state index contributed by atoms with van der Waals surface area (Å²) in [7, 11) is 0. The van der Waals surface area contributed by atoms with Crippen molar-refractivity contribution in [3.63, 3.8) is 0 Å². The van der Waals surface area contributed by atoms with E-state index in [9.17, 15) is 4.79 Å². The molecule has 0 bridgehead atoms. The average molecular weight is 532 g/mol. The largest absolute Gasteiger partial charge is 0.481 e. The van der Waals surface area contributed by atoms with E-state index >= 15 is 0 Å². The SMILES string of the molecule is O=C(COc1c(Cl)c(Cl)c(Cl)c(Cl)c1Cl)N(Cc1ccc(Cl)cc1)C[C@H]1CCCO1. The zero-order valence-corrected chi connectivity index (χ0v) is 20.1. The first-order valence-corrected chi connectivity index (χ1v) is 11.3. The van der Waals surface area contributed by atoms with Crippen LogP contribution in [-0.2, 0) is 16.1 Å². The van der Waals surface area contributed by atoms with Gasteiger partial charge in [0, 0.05) is 24.7 Å². The fourth-order valence-corrected chi connectivity index (χ4v) is 4.39. The average Bonchev–Trinajstić information content (AvgIpc) is 3.25. The Morgan fingerprint density at radius 1 is 0.967 bits per heavy atom. The summed E-state index contributed by atoms with van der Waals surface area (Å²) in [6.45, 7) is 1.20. The lowest BCUT2D eigenvalue weighted by molar-refractivity contribution is -0.135. The van der Waals surface area contributed by atoms with Crippen molar-refractivity contribution >= 4 is 75.5 Å². The molecule has 0 N–H and O–H groups in total. The van der Waals surface area contributed by atoms with Crippen molar-refractivity contribution in [1.29, 1.82) is 0 Å². The van der Waals surface area contributed by atoms with Gasteiger partial charge in [-0.1, -0.05) is 81.7 Å². The molecule has 1 aliphatic rings. The van der Waals surface area contributed by atoms with E-state index in [4.69, 9.17) is 79.1 Å². The predicted octanol–water partition coefficient (Wildman–Crippen LogP) is 7.19. The molecule has 2 aromatic rings. The highest BCUT2D eigenvalue weighted by Crippen LogP contribution is 2.48. The second kappa shape index (κ2) is 10.8. The molecule has 0 saturated carbocycles. The van der Waals surface area contributed by atoms with Gasteiger partial charge in [-0.3, -0.25) is 4.79 Å². The summed E-state index contributed by atoms with van der Waals surface area (Å²) in [4.78, 5) is 14.6. The molecule has 1 fully saturated rings. The molecule has 10 heteroatoms. The number of hydrogen-bond acceptors (Lipinski definition) is 3. The van der Waals surface area contributed by atoms with E-state index in [1.165, 1.54) is 0 Å². The van der Waals surface area contributed by atoms with Gasteiger partial charge in [0.2, 0.25) is 0 Å². The smallest absolute Gasteiger partial charge is 0.260 e. The van der Waals surface area contributed by atoms with Gasteiger partial charge in [-0.05, 0) is 30.5 Å². The first-order chi connectivity index (χ1) is 14.3. The Kier molecular flexibility index (Phi) is 8.68. The molecule has 162 valence electrons. The third-order valence-electron chi connectivity index (χ3n) is 4.60. The van der Waals surface area contributed by atoms with Gasteiger partial charge in [-0.15, -0.1) is 0 Å². The maximum absolute atomic E-state index is 13.0. The van der Waals surface area contributed by atoms with Gasteiger partial charge in [0.15, 0.2) is 12.4 Å². The molecule has 0 radical (unpaired) electrons. The molecular weight excluding hydrogens is 515 g/mol. The number of benzene rings is 2. The minimum atomic E-state index is -0.311. The standard InChI is InChI=1S/C20H17Cl6NO3/c21-12-5-3-11(4-6-12)8-27(9-13-2-1-7-29-13)14(28)10-30-20-18(25)16(23)15(22)17(24)19(20)26/h3-6,13H,1-2,7-10H2/t13-/m1/s1. The molecule has 1 amide bonds. The molecule has 4 nitrogen and oxygen atoms in total. The summed E-state index contributed by atoms with van der Waals surface area (Å²) in [6, 6.07) is 7.29. The molecule has 30 heavy (non-hydrogen) atoms. The molecule has 2 aromatic carbocycles. The monoisotopic (exact) mass is 529 g/mol. The highest BCUT2D eigenvalue weighted by atomic mass is 35.5. The summed E-state index contributed by atoms with van der Waals surface area (Å²) in [5.74, 6) is -0.260. The normalized spacial score (nSPS) is 16.0. The minimum absolute atomic E-state index is 0.00700. The second-order valence-electron chi connectivity index (χ2n) is 6.72. The Morgan fingerprint density at radius 2 is 1.57 bits per heavy atom. The fourth-order valence-electron chi connectivity index (χ4n) is 3.04. The number of carbonyl (C=O) groups excluding carboxylic acids is 1. The molecule has 1 aliphatic heterocycles. The third-order valence-corrected chi connectivity index (χ3v) is 7.09. The Labute approximate surface area is 204 Å². The Bertz CT molecular complexity index is 887. The van der Waals surface area contributed by atoms with Crippen molar-refractivity contribution in [2.75, 3.05) is 19.8 Å². The lowest BCUT2D eigenvalue weighted by Crippen LogP contribution is -2.39. The zero-order valence-electron chi connectivity index (χ0n) is 15.6. The van der Waals surface area contributed by atoms with Gasteiger partial charge in [0.25, 0.3) is 5.91 Å². The summed E-state index contributed by atoms with van der Waals surface area (Å²) < 4.78 is 11.3. The summed E-state index contributed by atoms with van der Waals surface area (Å²) >= 11 is 36.4. The van der Waals surface area contributed by atoms with Crippen molar-refractivity contribution in [2.45, 2.75) is 25.5 Å². The van der Waals surface area contributed by atoms with E-state index in [1.54, 1.807) is 17.0 Å². The number of rotatable bonds is 7. The molecule has 1 heterocycles. The van der Waals surface area contributed by atoms with Gasteiger partial charge in [0.05, 0.1) is 21.2 Å². The molecule has 1 atom stereocenters. The second-order valence-corrected chi connectivity index (χ2v) is 9.05. The first kappa shape index (κ1) is 24.1. The Morgan fingerprint density at radius 3 is 2.13 bits per heavy atom. The third kappa shape index (κ3) is 5.80. The zero-order chi connectivity index (χ0) is 21.8. The quantitative estimate of drug-likeness (QED) is 0.280. The van der Waals surface area contributed by atoms with Crippen LogP contribution in [0.1, 0.15) is 18.4 Å². The van der Waals surface area contributed by atoms with E-state index in [0.717, 1.165) is 18.4 Å². The van der Waals surface area contributed by atoms with Crippen LogP contribution in [-0.4, -0.2) is 36.7 Å². The van der Waals surface area contributed by atoms with Crippen LogP contribution in [0.25, 0.3) is 0 Å². The number of halogens is 6. The predicted molar refractivity (Wildman–Crippen MR) is 123 cm³/mol. The Hall–Kier alpha value is -0.590. The van der Waals surface area contributed by atoms with E-state index in [1.807, 2.05) is 12.1 Å². The van der Waals surface area contributed by atoms with Gasteiger partial charge < -0.3 is 14.4 Å². The van der Waals surface area contributed by atoms with Crippen molar-refractivity contribution in [3.8, 4) is 5.75 Å². The summed E-state index contributed by atoms with van der Waals surface area (Å²) in [6.07, 6.45) is 1.84. The number of amides is 1. The minimum Gasteiger partial charge on any atom is -0.481 e. The molecule has 0 unspecified atom stereocenters. The van der Waals surface area contributed by atoms with Crippen LogP contribution >= 0.6 is 69.6 Å². The van der Waals surface area contributed by atoms with Gasteiger partial charge in [-0.2, -0.15) is 0 Å². The number of ether oxygens (including phenoxy) is 2. The maximum Gasteiger partial charge on any atom is 0.260 e. The Balaban J connectivity index is 1.75. The van der Waals surface area contributed by atoms with E-state index < -0.39 is 0 Å². The summed E-state index contributed by atoms with van der Waals surface area (Å²) in [5, 5.41) is 0.647. The first-order valence-electron chi connectivity index (χ1n) is 9.06. The van der Waals surface area contributed by atoms with E-state index in [0.29, 0.717) is 24.7 Å². The molecule has 0 spiro atoms. The van der Waals surface area contributed by atoms with Crippen molar-refractivity contribution in [2.24, 2.45) is 0 Å². The van der Waals surface area contributed by atoms with Gasteiger partial charge in [0.1, 0.15) is 10.0 Å². The van der Waals surface area contributed by atoms with Crippen LogP contribution in [0.15, 0.2) is 24.3 Å². The maximum atomic E-state index is 13.0. The lowest BCUT2D eigenvalue weighted by Gasteiger charge is -2.26. The highest BCUT2D eigenvalue weighted by Gasteiger charge is 2.25. The van der Waals surface area contributed by atoms with Crippen molar-refractivity contribution in [1.82, 2.24) is 4.90 Å². The topological polar surface area (TPSA) is 38.8 Å². The highest BCUT2D eigenvalue weighted by molar-refractivity contribution is 6.55. The van der Waals surface area contributed by atoms with E-state index in [-0.39, 0.29) is 49.5 Å². The number of carbonyl (C=O) groups is 1. The van der Waals surface area contributed by atoms with Gasteiger partial charge in [-0.25, -0.2) is 0 Å². The van der Waals surface area contributed by atoms with Crippen LogP contribution < -0.4 is 4.74 Å². The van der Waals surface area contributed by atoms with Crippen LogP contribution in [0.4, 0.5) is 0 Å². The molecule has 3 rings (SSSR count). The fraction of sp³-hybridized carbons (Fsp3) is 0.350. The molecular formula is C20H17Cl6NO3.